The predicted octanol–water partition coefficient (Wildman–Crippen LogP) is -0.630. The quantitative estimate of drug-likeness (QED) is 0.616. The SMILES string of the molecule is COCCN1C(=O)CNC(C)(C)C1=O. The number of nitrogens with one attached hydrogen (secondary N) is 1. The van der Waals surface area contributed by atoms with Crippen LogP contribution in [0.25, 0.3) is 0 Å². The lowest BCUT2D eigenvalue weighted by Crippen LogP contribution is -2.64. The van der Waals surface area contributed by atoms with Crippen molar-refractivity contribution in [3.63, 3.8) is 0 Å². The summed E-state index contributed by atoms with van der Waals surface area (Å²) >= 11 is 0. The minimum atomic E-state index is -0.651. The summed E-state index contributed by atoms with van der Waals surface area (Å²) in [6.07, 6.45) is 0. The molecular weight excluding hydrogens is 184 g/mol. The third kappa shape index (κ3) is 2.10. The van der Waals surface area contributed by atoms with E-state index in [0.717, 1.165) is 0 Å². The van der Waals surface area contributed by atoms with Crippen LogP contribution < -0.4 is 5.32 Å². The monoisotopic (exact) mass is 200 g/mol. The Morgan fingerprint density at radius 2 is 2.14 bits per heavy atom. The number of carbonyl (C=O) groups is 2. The van der Waals surface area contributed by atoms with E-state index in [0.29, 0.717) is 13.2 Å². The van der Waals surface area contributed by atoms with Crippen LogP contribution in [-0.2, 0) is 14.3 Å². The standard InChI is InChI=1S/C9H16N2O3/c1-9(2)8(13)11(4-5-14-3)7(12)6-10-9/h10H,4-6H2,1-3H3. The fourth-order valence-corrected chi connectivity index (χ4v) is 1.33. The summed E-state index contributed by atoms with van der Waals surface area (Å²) in [6, 6.07) is 0. The number of hydrogen-bond acceptors (Lipinski definition) is 4. The Balaban J connectivity index is 2.69. The highest BCUT2D eigenvalue weighted by atomic mass is 16.5. The van der Waals surface area contributed by atoms with Gasteiger partial charge in [-0.15, -0.1) is 0 Å². The van der Waals surface area contributed by atoms with Gasteiger partial charge in [-0.3, -0.25) is 19.8 Å². The van der Waals surface area contributed by atoms with E-state index < -0.39 is 5.54 Å². The van der Waals surface area contributed by atoms with E-state index in [-0.39, 0.29) is 18.4 Å². The Labute approximate surface area is 83.4 Å². The fraction of sp³-hybridized carbons (Fsp3) is 0.778. The average molecular weight is 200 g/mol. The van der Waals surface area contributed by atoms with Crippen LogP contribution in [-0.4, -0.2) is 49.1 Å². The number of amides is 2. The van der Waals surface area contributed by atoms with Crippen LogP contribution in [0.2, 0.25) is 0 Å². The molecule has 0 spiro atoms. The Kier molecular flexibility index (Phi) is 3.23. The first-order valence-corrected chi connectivity index (χ1v) is 4.58. The highest BCUT2D eigenvalue weighted by Gasteiger charge is 2.39. The minimum absolute atomic E-state index is 0.189. The zero-order chi connectivity index (χ0) is 10.8. The van der Waals surface area contributed by atoms with E-state index >= 15 is 0 Å². The Hall–Kier alpha value is -0.940. The van der Waals surface area contributed by atoms with Gasteiger partial charge in [-0.1, -0.05) is 0 Å². The van der Waals surface area contributed by atoms with Gasteiger partial charge in [0.05, 0.1) is 25.2 Å². The van der Waals surface area contributed by atoms with Crippen molar-refractivity contribution >= 4 is 11.8 Å². The predicted molar refractivity (Wildman–Crippen MR) is 50.7 cm³/mol. The molecule has 80 valence electrons. The molecule has 1 heterocycles. The van der Waals surface area contributed by atoms with Gasteiger partial charge in [0, 0.05) is 7.11 Å². The summed E-state index contributed by atoms with van der Waals surface area (Å²) in [7, 11) is 1.54. The zero-order valence-electron chi connectivity index (χ0n) is 8.79. The van der Waals surface area contributed by atoms with Crippen LogP contribution >= 0.6 is 0 Å². The van der Waals surface area contributed by atoms with Crippen molar-refractivity contribution < 1.29 is 14.3 Å². The number of carbonyl (C=O) groups excluding carboxylic acids is 2. The molecule has 5 heteroatoms. The lowest BCUT2D eigenvalue weighted by Gasteiger charge is -2.36. The van der Waals surface area contributed by atoms with E-state index in [1.165, 1.54) is 4.90 Å². The molecule has 0 atom stereocenters. The first kappa shape index (κ1) is 11.1. The van der Waals surface area contributed by atoms with E-state index in [1.807, 2.05) is 0 Å². The van der Waals surface area contributed by atoms with Gasteiger partial charge in [0.2, 0.25) is 11.8 Å². The van der Waals surface area contributed by atoms with Gasteiger partial charge < -0.3 is 4.74 Å². The van der Waals surface area contributed by atoms with Gasteiger partial charge in [0.15, 0.2) is 0 Å². The lowest BCUT2D eigenvalue weighted by atomic mass is 10.0. The maximum absolute atomic E-state index is 11.8. The number of methoxy groups -OCH3 is 1. The molecule has 1 fully saturated rings. The number of imide groups is 1. The molecule has 0 radical (unpaired) electrons. The van der Waals surface area contributed by atoms with Crippen molar-refractivity contribution in [1.29, 1.82) is 0 Å². The van der Waals surface area contributed by atoms with E-state index in [9.17, 15) is 9.59 Å². The summed E-state index contributed by atoms with van der Waals surface area (Å²) in [6.45, 7) is 4.46. The molecule has 0 aromatic rings. The van der Waals surface area contributed by atoms with Crippen LogP contribution in [0.3, 0.4) is 0 Å². The molecule has 1 saturated heterocycles. The second kappa shape index (κ2) is 4.06. The highest BCUT2D eigenvalue weighted by molar-refractivity contribution is 6.02. The summed E-state index contributed by atoms with van der Waals surface area (Å²) in [5, 5.41) is 2.88. The van der Waals surface area contributed by atoms with Crippen LogP contribution in [0.4, 0.5) is 0 Å². The normalized spacial score (nSPS) is 21.5. The molecule has 1 aliphatic heterocycles. The fourth-order valence-electron chi connectivity index (χ4n) is 1.33. The number of hydrogen-bond donors (Lipinski definition) is 1. The highest BCUT2D eigenvalue weighted by Crippen LogP contribution is 2.12. The first-order valence-electron chi connectivity index (χ1n) is 4.58. The number of nitrogens with zero attached hydrogens (tertiary/aromatic N) is 1. The van der Waals surface area contributed by atoms with E-state index in [4.69, 9.17) is 4.74 Å². The second-order valence-electron chi connectivity index (χ2n) is 3.82. The summed E-state index contributed by atoms with van der Waals surface area (Å²) in [5.41, 5.74) is -0.651. The molecule has 0 unspecified atom stereocenters. The van der Waals surface area contributed by atoms with Crippen molar-refractivity contribution in [2.75, 3.05) is 26.8 Å². The van der Waals surface area contributed by atoms with Gasteiger partial charge >= 0.3 is 0 Å². The Morgan fingerprint density at radius 3 is 2.71 bits per heavy atom. The Morgan fingerprint density at radius 1 is 1.50 bits per heavy atom. The van der Waals surface area contributed by atoms with Crippen molar-refractivity contribution in [1.82, 2.24) is 10.2 Å². The average Bonchev–Trinajstić information content (AvgIpc) is 2.13. The van der Waals surface area contributed by atoms with E-state index in [1.54, 1.807) is 21.0 Å². The number of ether oxygens (including phenoxy) is 1. The second-order valence-corrected chi connectivity index (χ2v) is 3.82. The smallest absolute Gasteiger partial charge is 0.249 e. The van der Waals surface area contributed by atoms with Gasteiger partial charge in [-0.2, -0.15) is 0 Å². The van der Waals surface area contributed by atoms with Crippen molar-refractivity contribution in [2.24, 2.45) is 0 Å². The van der Waals surface area contributed by atoms with E-state index in [2.05, 4.69) is 5.32 Å². The number of rotatable bonds is 3. The van der Waals surface area contributed by atoms with Crippen molar-refractivity contribution in [3.05, 3.63) is 0 Å². The molecule has 2 amide bonds. The third-order valence-corrected chi connectivity index (χ3v) is 2.28. The zero-order valence-corrected chi connectivity index (χ0v) is 8.79. The van der Waals surface area contributed by atoms with Gasteiger partial charge in [0.1, 0.15) is 0 Å². The maximum Gasteiger partial charge on any atom is 0.249 e. The molecule has 14 heavy (non-hydrogen) atoms. The molecule has 1 rings (SSSR count). The van der Waals surface area contributed by atoms with Crippen LogP contribution in [0.5, 0.6) is 0 Å². The molecule has 0 aromatic heterocycles. The van der Waals surface area contributed by atoms with Crippen LogP contribution in [0.1, 0.15) is 13.8 Å². The van der Waals surface area contributed by atoms with Crippen LogP contribution in [0, 0.1) is 0 Å². The van der Waals surface area contributed by atoms with Gasteiger partial charge in [-0.25, -0.2) is 0 Å². The molecule has 0 saturated carbocycles. The number of piperazine rings is 1. The van der Waals surface area contributed by atoms with Crippen LogP contribution in [0.15, 0.2) is 0 Å². The Bertz CT molecular complexity index is 250. The largest absolute Gasteiger partial charge is 0.383 e. The first-order chi connectivity index (χ1) is 6.49. The van der Waals surface area contributed by atoms with Crippen molar-refractivity contribution in [3.8, 4) is 0 Å². The van der Waals surface area contributed by atoms with Gasteiger partial charge in [0.25, 0.3) is 0 Å². The molecule has 1 aliphatic rings. The maximum atomic E-state index is 11.8. The molecule has 1 N–H and O–H groups in total. The molecular formula is C9H16N2O3. The molecule has 0 aromatic carbocycles. The molecule has 5 nitrogen and oxygen atoms in total. The molecule has 0 aliphatic carbocycles. The summed E-state index contributed by atoms with van der Waals surface area (Å²) in [5.74, 6) is -0.378. The lowest BCUT2D eigenvalue weighted by molar-refractivity contribution is -0.153. The third-order valence-electron chi connectivity index (χ3n) is 2.28. The minimum Gasteiger partial charge on any atom is -0.383 e. The summed E-state index contributed by atoms with van der Waals surface area (Å²) < 4.78 is 4.84. The molecule has 0 bridgehead atoms. The summed E-state index contributed by atoms with van der Waals surface area (Å²) in [4.78, 5) is 24.4. The van der Waals surface area contributed by atoms with Crippen molar-refractivity contribution in [2.45, 2.75) is 19.4 Å². The van der Waals surface area contributed by atoms with Gasteiger partial charge in [-0.05, 0) is 13.8 Å². The topological polar surface area (TPSA) is 58.6 Å².